The number of hydrogen-bond donors (Lipinski definition) is 0. The first-order chi connectivity index (χ1) is 5.76. The first-order valence-corrected chi connectivity index (χ1v) is 6.06. The van der Waals surface area contributed by atoms with Gasteiger partial charge in [0.2, 0.25) is 0 Å². The lowest BCUT2D eigenvalue weighted by Gasteiger charge is -2.01. The van der Waals surface area contributed by atoms with E-state index in [-0.39, 0.29) is 5.25 Å². The van der Waals surface area contributed by atoms with E-state index >= 15 is 0 Å². The molecule has 0 spiro atoms. The van der Waals surface area contributed by atoms with Crippen LogP contribution in [0.25, 0.3) is 0 Å². The molecule has 0 saturated carbocycles. The Hall–Kier alpha value is 0.0200. The van der Waals surface area contributed by atoms with Crippen molar-refractivity contribution < 1.29 is 0 Å². The third-order valence-electron chi connectivity index (χ3n) is 1.32. The van der Waals surface area contributed by atoms with Crippen LogP contribution in [0.5, 0.6) is 0 Å². The van der Waals surface area contributed by atoms with E-state index in [1.54, 1.807) is 23.1 Å². The van der Waals surface area contributed by atoms with Crippen LogP contribution in [0.4, 0.5) is 0 Å². The van der Waals surface area contributed by atoms with Crippen LogP contribution < -0.4 is 0 Å². The van der Waals surface area contributed by atoms with Crippen LogP contribution in [-0.4, -0.2) is 5.25 Å². The minimum atomic E-state index is 0.0931. The smallest absolute Gasteiger partial charge is 0.0968 e. The van der Waals surface area contributed by atoms with Crippen LogP contribution in [0, 0.1) is 11.3 Å². The Morgan fingerprint density at radius 1 is 1.75 bits per heavy atom. The Morgan fingerprint density at radius 3 is 2.92 bits per heavy atom. The van der Waals surface area contributed by atoms with E-state index in [0.717, 1.165) is 10.2 Å². The lowest BCUT2D eigenvalue weighted by molar-refractivity contribution is 0.986. The SMILES string of the molecule is CCC(C#N)Sc1ccc(Br)s1. The number of rotatable bonds is 3. The van der Waals surface area contributed by atoms with E-state index in [0.29, 0.717) is 0 Å². The quantitative estimate of drug-likeness (QED) is 0.771. The molecule has 4 heteroatoms. The van der Waals surface area contributed by atoms with Crippen LogP contribution >= 0.6 is 39.0 Å². The van der Waals surface area contributed by atoms with Gasteiger partial charge in [-0.15, -0.1) is 11.3 Å². The number of thioether (sulfide) groups is 1. The summed E-state index contributed by atoms with van der Waals surface area (Å²) in [5.41, 5.74) is 0. The number of nitrogens with zero attached hydrogens (tertiary/aromatic N) is 1. The molecular formula is C8H8BrNS2. The molecule has 1 aromatic heterocycles. The Bertz CT molecular complexity index is 289. The maximum Gasteiger partial charge on any atom is 0.0968 e. The first kappa shape index (κ1) is 10.1. The highest BCUT2D eigenvalue weighted by atomic mass is 79.9. The van der Waals surface area contributed by atoms with E-state index in [2.05, 4.69) is 22.0 Å². The molecule has 1 heterocycles. The van der Waals surface area contributed by atoms with Gasteiger partial charge in [0.05, 0.1) is 19.3 Å². The molecule has 0 aromatic carbocycles. The lowest BCUT2D eigenvalue weighted by atomic mass is 10.4. The molecule has 0 saturated heterocycles. The molecule has 12 heavy (non-hydrogen) atoms. The zero-order chi connectivity index (χ0) is 8.97. The van der Waals surface area contributed by atoms with E-state index < -0.39 is 0 Å². The number of nitriles is 1. The molecule has 1 unspecified atom stereocenters. The van der Waals surface area contributed by atoms with Gasteiger partial charge < -0.3 is 0 Å². The molecule has 0 bridgehead atoms. The fourth-order valence-corrected chi connectivity index (χ4v) is 3.60. The Balaban J connectivity index is 2.58. The predicted octanol–water partition coefficient (Wildman–Crippen LogP) is 3.90. The molecule has 1 nitrogen and oxygen atoms in total. The summed E-state index contributed by atoms with van der Waals surface area (Å²) in [5.74, 6) is 0. The summed E-state index contributed by atoms with van der Waals surface area (Å²) in [4.78, 5) is 0. The summed E-state index contributed by atoms with van der Waals surface area (Å²) >= 11 is 6.70. The van der Waals surface area contributed by atoms with E-state index in [1.165, 1.54) is 4.21 Å². The molecule has 0 fully saturated rings. The zero-order valence-corrected chi connectivity index (χ0v) is 9.80. The van der Waals surface area contributed by atoms with Crippen molar-refractivity contribution in [1.82, 2.24) is 0 Å². The fraction of sp³-hybridized carbons (Fsp3) is 0.375. The van der Waals surface area contributed by atoms with Gasteiger partial charge in [-0.25, -0.2) is 0 Å². The molecule has 0 radical (unpaired) electrons. The van der Waals surface area contributed by atoms with Gasteiger partial charge in [0.1, 0.15) is 0 Å². The molecule has 1 aromatic rings. The molecule has 0 N–H and O–H groups in total. The second kappa shape index (κ2) is 4.90. The van der Waals surface area contributed by atoms with Crippen LogP contribution in [-0.2, 0) is 0 Å². The lowest BCUT2D eigenvalue weighted by Crippen LogP contribution is -1.93. The second-order valence-electron chi connectivity index (χ2n) is 2.20. The van der Waals surface area contributed by atoms with Gasteiger partial charge in [-0.2, -0.15) is 5.26 Å². The van der Waals surface area contributed by atoms with Gasteiger partial charge in [0.15, 0.2) is 0 Å². The van der Waals surface area contributed by atoms with Crippen molar-refractivity contribution >= 4 is 39.0 Å². The maximum atomic E-state index is 8.72. The van der Waals surface area contributed by atoms with Crippen molar-refractivity contribution in [1.29, 1.82) is 5.26 Å². The summed E-state index contributed by atoms with van der Waals surface area (Å²) in [6.07, 6.45) is 0.899. The van der Waals surface area contributed by atoms with Crippen LogP contribution in [0.1, 0.15) is 13.3 Å². The highest BCUT2D eigenvalue weighted by molar-refractivity contribution is 9.11. The predicted molar refractivity (Wildman–Crippen MR) is 57.6 cm³/mol. The van der Waals surface area contributed by atoms with Crippen molar-refractivity contribution in [2.24, 2.45) is 0 Å². The molecule has 0 aliphatic carbocycles. The average molecular weight is 262 g/mol. The second-order valence-corrected chi connectivity index (χ2v) is 6.17. The third kappa shape index (κ3) is 2.81. The number of thiophene rings is 1. The van der Waals surface area contributed by atoms with Crippen LogP contribution in [0.2, 0.25) is 0 Å². The topological polar surface area (TPSA) is 23.8 Å². The molecule has 0 aliphatic rings. The third-order valence-corrected chi connectivity index (χ3v) is 4.37. The van der Waals surface area contributed by atoms with Crippen LogP contribution in [0.3, 0.4) is 0 Å². The normalized spacial score (nSPS) is 12.4. The van der Waals surface area contributed by atoms with Crippen LogP contribution in [0.15, 0.2) is 20.1 Å². The van der Waals surface area contributed by atoms with Gasteiger partial charge in [-0.3, -0.25) is 0 Å². The van der Waals surface area contributed by atoms with E-state index in [4.69, 9.17) is 5.26 Å². The van der Waals surface area contributed by atoms with Gasteiger partial charge in [0, 0.05) is 0 Å². The fourth-order valence-electron chi connectivity index (χ4n) is 0.702. The van der Waals surface area contributed by atoms with Crippen molar-refractivity contribution in [3.05, 3.63) is 15.9 Å². The molecule has 0 amide bonds. The maximum absolute atomic E-state index is 8.72. The Kier molecular flexibility index (Phi) is 4.13. The summed E-state index contributed by atoms with van der Waals surface area (Å²) in [6, 6.07) is 6.32. The van der Waals surface area contributed by atoms with Crippen molar-refractivity contribution in [2.45, 2.75) is 22.8 Å². The Labute approximate surface area is 88.9 Å². The minimum absolute atomic E-state index is 0.0931. The van der Waals surface area contributed by atoms with Gasteiger partial charge >= 0.3 is 0 Å². The van der Waals surface area contributed by atoms with E-state index in [9.17, 15) is 0 Å². The highest BCUT2D eigenvalue weighted by Crippen LogP contribution is 2.33. The average Bonchev–Trinajstić information content (AvgIpc) is 2.47. The van der Waals surface area contributed by atoms with Gasteiger partial charge in [-0.1, -0.05) is 18.7 Å². The van der Waals surface area contributed by atoms with Gasteiger partial charge in [-0.05, 0) is 34.5 Å². The van der Waals surface area contributed by atoms with Crippen molar-refractivity contribution in [2.75, 3.05) is 0 Å². The summed E-state index contributed by atoms with van der Waals surface area (Å²) in [7, 11) is 0. The standard InChI is InChI=1S/C8H8BrNS2/c1-2-6(5-10)11-8-4-3-7(9)12-8/h3-4,6H,2H2,1H3. The first-order valence-electron chi connectivity index (χ1n) is 3.58. The number of hydrogen-bond acceptors (Lipinski definition) is 3. The van der Waals surface area contributed by atoms with Crippen molar-refractivity contribution in [3.8, 4) is 6.07 Å². The highest BCUT2D eigenvalue weighted by Gasteiger charge is 2.07. The monoisotopic (exact) mass is 261 g/mol. The van der Waals surface area contributed by atoms with E-state index in [1.807, 2.05) is 19.1 Å². The molecule has 1 rings (SSSR count). The summed E-state index contributed by atoms with van der Waals surface area (Å²) in [5, 5.41) is 8.81. The summed E-state index contributed by atoms with van der Waals surface area (Å²) < 4.78 is 2.33. The molecular weight excluding hydrogens is 254 g/mol. The zero-order valence-electron chi connectivity index (χ0n) is 6.58. The largest absolute Gasteiger partial charge is 0.197 e. The van der Waals surface area contributed by atoms with Crippen molar-refractivity contribution in [3.63, 3.8) is 0 Å². The molecule has 64 valence electrons. The number of halogens is 1. The minimum Gasteiger partial charge on any atom is -0.197 e. The molecule has 0 aliphatic heterocycles. The summed E-state index contributed by atoms with van der Waals surface area (Å²) in [6.45, 7) is 2.03. The molecule has 1 atom stereocenters. The Morgan fingerprint density at radius 2 is 2.50 bits per heavy atom. The van der Waals surface area contributed by atoms with Gasteiger partial charge in [0.25, 0.3) is 0 Å².